The fourth-order valence-corrected chi connectivity index (χ4v) is 0.680. The zero-order valence-corrected chi connectivity index (χ0v) is 7.27. The molecule has 1 atom stereocenters. The third kappa shape index (κ3) is 7.66. The lowest BCUT2D eigenvalue weighted by molar-refractivity contribution is 0.191. The Morgan fingerprint density at radius 1 is 1.40 bits per heavy atom. The smallest absolute Gasteiger partial charge is 0.0509 e. The van der Waals surface area contributed by atoms with E-state index in [4.69, 9.17) is 5.11 Å². The van der Waals surface area contributed by atoms with Crippen molar-refractivity contribution >= 4 is 11.3 Å². The highest BCUT2D eigenvalue weighted by Gasteiger charge is 1.81. The van der Waals surface area contributed by atoms with E-state index >= 15 is 0 Å². The third-order valence-electron chi connectivity index (χ3n) is 1.02. The van der Waals surface area contributed by atoms with Gasteiger partial charge in [0.2, 0.25) is 0 Å². The summed E-state index contributed by atoms with van der Waals surface area (Å²) in [6.45, 7) is 3.73. The van der Waals surface area contributed by atoms with Crippen molar-refractivity contribution in [3.8, 4) is 0 Å². The van der Waals surface area contributed by atoms with Gasteiger partial charge in [0.1, 0.15) is 0 Å². The Hall–Kier alpha value is -0.340. The maximum atomic E-state index is 8.36. The summed E-state index contributed by atoms with van der Waals surface area (Å²) >= 11 is 1.71. The lowest BCUT2D eigenvalue weighted by Crippen LogP contribution is -1.93. The van der Waals surface area contributed by atoms with Gasteiger partial charge in [0.25, 0.3) is 0 Å². The highest BCUT2D eigenvalue weighted by molar-refractivity contribution is 7.07. The van der Waals surface area contributed by atoms with Gasteiger partial charge in [-0.3, -0.25) is 0 Å². The summed E-state index contributed by atoms with van der Waals surface area (Å²) in [5.41, 5.74) is 0. The van der Waals surface area contributed by atoms with Crippen molar-refractivity contribution in [1.82, 2.24) is 0 Å². The van der Waals surface area contributed by atoms with Gasteiger partial charge in [0.15, 0.2) is 0 Å². The highest BCUT2D eigenvalue weighted by atomic mass is 32.1. The molecule has 0 bridgehead atoms. The van der Waals surface area contributed by atoms with Crippen molar-refractivity contribution < 1.29 is 5.11 Å². The molecule has 10 heavy (non-hydrogen) atoms. The Morgan fingerprint density at radius 3 is 1.90 bits per heavy atom. The van der Waals surface area contributed by atoms with Crippen molar-refractivity contribution in [1.29, 1.82) is 0 Å². The molecule has 0 aliphatic heterocycles. The Morgan fingerprint density at radius 2 is 1.80 bits per heavy atom. The van der Waals surface area contributed by atoms with Crippen LogP contribution in [0.3, 0.4) is 0 Å². The molecular formula is C8H14OS. The average molecular weight is 158 g/mol. The molecule has 1 aromatic rings. The molecule has 0 amide bonds. The summed E-state index contributed by atoms with van der Waals surface area (Å²) in [4.78, 5) is 0. The fraction of sp³-hybridized carbons (Fsp3) is 0.500. The van der Waals surface area contributed by atoms with Crippen LogP contribution < -0.4 is 0 Å². The molecule has 0 aromatic carbocycles. The minimum Gasteiger partial charge on any atom is -0.393 e. The first-order valence-corrected chi connectivity index (χ1v) is 4.37. The summed E-state index contributed by atoms with van der Waals surface area (Å²) in [6, 6.07) is 4.04. The van der Waals surface area contributed by atoms with E-state index in [0.717, 1.165) is 6.42 Å². The predicted molar refractivity (Wildman–Crippen MR) is 46.3 cm³/mol. The molecule has 0 fully saturated rings. The van der Waals surface area contributed by atoms with E-state index in [1.54, 1.807) is 18.3 Å². The lowest BCUT2D eigenvalue weighted by atomic mass is 10.3. The number of aliphatic hydroxyl groups is 1. The Labute approximate surface area is 66.3 Å². The molecular weight excluding hydrogens is 144 g/mol. The number of hydrogen-bond acceptors (Lipinski definition) is 2. The van der Waals surface area contributed by atoms with Crippen LogP contribution in [0.25, 0.3) is 0 Å². The number of aliphatic hydroxyl groups excluding tert-OH is 1. The number of hydrogen-bond donors (Lipinski definition) is 1. The van der Waals surface area contributed by atoms with Crippen molar-refractivity contribution in [3.05, 3.63) is 22.9 Å². The summed E-state index contributed by atoms with van der Waals surface area (Å²) in [5, 5.41) is 12.4. The largest absolute Gasteiger partial charge is 0.393 e. The van der Waals surface area contributed by atoms with Crippen LogP contribution in [-0.2, 0) is 0 Å². The maximum absolute atomic E-state index is 8.36. The molecule has 1 N–H and O–H groups in total. The van der Waals surface area contributed by atoms with Crippen LogP contribution >= 0.6 is 11.3 Å². The fourth-order valence-electron chi connectivity index (χ4n) is 0.227. The molecule has 1 aromatic heterocycles. The molecule has 0 spiro atoms. The molecule has 1 nitrogen and oxygen atoms in total. The first-order chi connectivity index (χ1) is 4.77. The average Bonchev–Trinajstić information content (AvgIpc) is 2.43. The third-order valence-corrected chi connectivity index (χ3v) is 1.64. The summed E-state index contributed by atoms with van der Waals surface area (Å²) in [7, 11) is 0. The number of thiophene rings is 1. The van der Waals surface area contributed by atoms with E-state index in [9.17, 15) is 0 Å². The molecule has 1 rings (SSSR count). The minimum atomic E-state index is -0.116. The topological polar surface area (TPSA) is 20.2 Å². The molecule has 0 saturated heterocycles. The molecule has 2 heteroatoms. The van der Waals surface area contributed by atoms with Crippen LogP contribution in [0.2, 0.25) is 0 Å². The van der Waals surface area contributed by atoms with Crippen molar-refractivity contribution in [2.24, 2.45) is 0 Å². The van der Waals surface area contributed by atoms with Gasteiger partial charge in [0.05, 0.1) is 6.10 Å². The van der Waals surface area contributed by atoms with Crippen molar-refractivity contribution in [2.75, 3.05) is 0 Å². The van der Waals surface area contributed by atoms with Gasteiger partial charge in [-0.15, -0.1) is 0 Å². The molecule has 58 valence electrons. The summed E-state index contributed by atoms with van der Waals surface area (Å²) in [5.74, 6) is 0. The Balaban J connectivity index is 0.000000162. The quantitative estimate of drug-likeness (QED) is 0.666. The minimum absolute atomic E-state index is 0.116. The second-order valence-electron chi connectivity index (χ2n) is 2.05. The van der Waals surface area contributed by atoms with E-state index in [2.05, 4.69) is 0 Å². The first kappa shape index (κ1) is 9.66. The van der Waals surface area contributed by atoms with Gasteiger partial charge >= 0.3 is 0 Å². The van der Waals surface area contributed by atoms with Gasteiger partial charge in [-0.25, -0.2) is 0 Å². The van der Waals surface area contributed by atoms with Crippen LogP contribution in [-0.4, -0.2) is 11.2 Å². The SMILES string of the molecule is CCC(C)O.c1ccsc1. The van der Waals surface area contributed by atoms with Crippen LogP contribution in [0.1, 0.15) is 20.3 Å². The van der Waals surface area contributed by atoms with Gasteiger partial charge in [-0.2, -0.15) is 11.3 Å². The molecule has 0 aliphatic carbocycles. The predicted octanol–water partition coefficient (Wildman–Crippen LogP) is 2.53. The van der Waals surface area contributed by atoms with Crippen LogP contribution in [0.15, 0.2) is 22.9 Å². The van der Waals surface area contributed by atoms with E-state index in [1.165, 1.54) is 0 Å². The van der Waals surface area contributed by atoms with E-state index in [0.29, 0.717) is 0 Å². The van der Waals surface area contributed by atoms with E-state index in [1.807, 2.05) is 29.8 Å². The standard InChI is InChI=1S/C4H10O.C4H4S/c1-3-4(2)5;1-2-4-5-3-1/h4-5H,3H2,1-2H3;1-4H. The van der Waals surface area contributed by atoms with Crippen LogP contribution in [0.5, 0.6) is 0 Å². The van der Waals surface area contributed by atoms with Gasteiger partial charge in [-0.05, 0) is 24.1 Å². The second-order valence-corrected chi connectivity index (χ2v) is 2.87. The van der Waals surface area contributed by atoms with Crippen molar-refractivity contribution in [2.45, 2.75) is 26.4 Å². The maximum Gasteiger partial charge on any atom is 0.0509 e. The normalized spacial score (nSPS) is 11.5. The Bertz CT molecular complexity index is 107. The van der Waals surface area contributed by atoms with E-state index < -0.39 is 0 Å². The first-order valence-electron chi connectivity index (χ1n) is 3.42. The zero-order valence-electron chi connectivity index (χ0n) is 6.45. The zero-order chi connectivity index (χ0) is 7.82. The van der Waals surface area contributed by atoms with Gasteiger partial charge < -0.3 is 5.11 Å². The van der Waals surface area contributed by atoms with E-state index in [-0.39, 0.29) is 6.10 Å². The molecule has 1 heterocycles. The number of rotatable bonds is 1. The second kappa shape index (κ2) is 6.78. The summed E-state index contributed by atoms with van der Waals surface area (Å²) in [6.07, 6.45) is 0.745. The Kier molecular flexibility index (Phi) is 6.55. The van der Waals surface area contributed by atoms with Crippen LogP contribution in [0.4, 0.5) is 0 Å². The molecule has 0 saturated carbocycles. The summed E-state index contributed by atoms with van der Waals surface area (Å²) < 4.78 is 0. The molecule has 1 unspecified atom stereocenters. The van der Waals surface area contributed by atoms with Gasteiger partial charge in [-0.1, -0.05) is 19.1 Å². The van der Waals surface area contributed by atoms with Crippen molar-refractivity contribution in [3.63, 3.8) is 0 Å². The lowest BCUT2D eigenvalue weighted by Gasteiger charge is -1.90. The highest BCUT2D eigenvalue weighted by Crippen LogP contribution is 1.91. The van der Waals surface area contributed by atoms with Crippen LogP contribution in [0, 0.1) is 0 Å². The monoisotopic (exact) mass is 158 g/mol. The van der Waals surface area contributed by atoms with Gasteiger partial charge in [0, 0.05) is 0 Å². The molecule has 0 aliphatic rings. The molecule has 0 radical (unpaired) electrons.